The van der Waals surface area contributed by atoms with Crippen molar-refractivity contribution in [2.24, 2.45) is 5.92 Å². The van der Waals surface area contributed by atoms with Gasteiger partial charge in [0.15, 0.2) is 11.5 Å². The molecular formula is C32H34N6O6. The maximum atomic E-state index is 12.9. The van der Waals surface area contributed by atoms with E-state index in [0.29, 0.717) is 41.3 Å². The molecule has 2 amide bonds. The van der Waals surface area contributed by atoms with Crippen LogP contribution in [0.15, 0.2) is 73.6 Å². The van der Waals surface area contributed by atoms with E-state index in [1.165, 1.54) is 19.3 Å². The highest BCUT2D eigenvalue weighted by Crippen LogP contribution is 2.36. The van der Waals surface area contributed by atoms with Gasteiger partial charge in [-0.1, -0.05) is 38.6 Å². The van der Waals surface area contributed by atoms with E-state index < -0.39 is 18.4 Å². The largest absolute Gasteiger partial charge is 0.457 e. The number of nitrogens with one attached hydrogen (secondary N) is 1. The van der Waals surface area contributed by atoms with Gasteiger partial charge in [0.1, 0.15) is 23.5 Å². The van der Waals surface area contributed by atoms with Crippen molar-refractivity contribution < 1.29 is 28.6 Å². The normalized spacial score (nSPS) is 15.5. The third-order valence-corrected chi connectivity index (χ3v) is 7.07. The highest BCUT2D eigenvalue weighted by molar-refractivity contribution is 6.03. The number of benzene rings is 2. The molecular weight excluding hydrogens is 564 g/mol. The summed E-state index contributed by atoms with van der Waals surface area (Å²) < 4.78 is 18.2. The van der Waals surface area contributed by atoms with Gasteiger partial charge in [0.05, 0.1) is 17.3 Å². The standard InChI is InChI=1S/C32H34N6O6/c1-5-26(39)37-17-9-10-23(18-37)38-30-27(29(33-19-34-30)35-32(41)43-21(4)42-31(40)20(2)3)28(36-38)22-13-15-25(16-14-22)44-24-11-7-6-8-12-24/h5-8,11-16,19-21,23H,1,9-10,17-18H2,2-4H3,(H,33,34,35,41)/t21-,23-/m1/s1. The van der Waals surface area contributed by atoms with Crippen molar-refractivity contribution in [1.29, 1.82) is 0 Å². The Morgan fingerprint density at radius 1 is 1.00 bits per heavy atom. The molecule has 5 rings (SSSR count). The van der Waals surface area contributed by atoms with E-state index in [1.807, 2.05) is 54.6 Å². The molecule has 44 heavy (non-hydrogen) atoms. The summed E-state index contributed by atoms with van der Waals surface area (Å²) in [5, 5.41) is 8.10. The van der Waals surface area contributed by atoms with Crippen molar-refractivity contribution in [3.63, 3.8) is 0 Å². The molecule has 228 valence electrons. The van der Waals surface area contributed by atoms with Gasteiger partial charge in [-0.2, -0.15) is 5.10 Å². The van der Waals surface area contributed by atoms with Gasteiger partial charge < -0.3 is 19.1 Å². The number of ether oxygens (including phenoxy) is 3. The molecule has 0 unspecified atom stereocenters. The topological polar surface area (TPSA) is 138 Å². The van der Waals surface area contributed by atoms with Crippen LogP contribution in [0.4, 0.5) is 10.6 Å². The summed E-state index contributed by atoms with van der Waals surface area (Å²) in [6.07, 6.45) is 2.21. The van der Waals surface area contributed by atoms with E-state index in [0.717, 1.165) is 18.4 Å². The molecule has 12 heteroatoms. The van der Waals surface area contributed by atoms with Crippen LogP contribution in [0.5, 0.6) is 11.5 Å². The van der Waals surface area contributed by atoms with Crippen LogP contribution in [-0.2, 0) is 19.1 Å². The van der Waals surface area contributed by atoms with Gasteiger partial charge in [0.2, 0.25) is 12.2 Å². The molecule has 1 saturated heterocycles. The van der Waals surface area contributed by atoms with Gasteiger partial charge in [-0.3, -0.25) is 14.9 Å². The van der Waals surface area contributed by atoms with Gasteiger partial charge in [0.25, 0.3) is 0 Å². The molecule has 2 aromatic heterocycles. The Morgan fingerprint density at radius 2 is 1.73 bits per heavy atom. The van der Waals surface area contributed by atoms with Crippen molar-refractivity contribution >= 4 is 34.8 Å². The fourth-order valence-corrected chi connectivity index (χ4v) is 4.91. The predicted molar refractivity (Wildman–Crippen MR) is 163 cm³/mol. The number of nitrogens with zero attached hydrogens (tertiary/aromatic N) is 5. The third-order valence-electron chi connectivity index (χ3n) is 7.07. The Bertz CT molecular complexity index is 1650. The zero-order valence-electron chi connectivity index (χ0n) is 24.8. The molecule has 0 radical (unpaired) electrons. The van der Waals surface area contributed by atoms with Crippen LogP contribution >= 0.6 is 0 Å². The number of piperidine rings is 1. The average molecular weight is 599 g/mol. The number of carbonyl (C=O) groups excluding carboxylic acids is 3. The minimum Gasteiger partial charge on any atom is -0.457 e. The van der Waals surface area contributed by atoms with Crippen LogP contribution in [0, 0.1) is 5.92 Å². The fourth-order valence-electron chi connectivity index (χ4n) is 4.91. The monoisotopic (exact) mass is 598 g/mol. The number of amides is 2. The molecule has 0 saturated carbocycles. The number of hydrogen-bond donors (Lipinski definition) is 1. The summed E-state index contributed by atoms with van der Waals surface area (Å²) in [6.45, 7) is 9.50. The second-order valence-corrected chi connectivity index (χ2v) is 10.6. The molecule has 1 fully saturated rings. The van der Waals surface area contributed by atoms with Crippen LogP contribution in [0.2, 0.25) is 0 Å². The van der Waals surface area contributed by atoms with Crippen molar-refractivity contribution in [1.82, 2.24) is 24.6 Å². The number of esters is 1. The summed E-state index contributed by atoms with van der Waals surface area (Å²) >= 11 is 0. The highest BCUT2D eigenvalue weighted by Gasteiger charge is 2.29. The summed E-state index contributed by atoms with van der Waals surface area (Å²) in [5.74, 6) is 0.501. The van der Waals surface area contributed by atoms with E-state index >= 15 is 0 Å². The Labute approximate surface area is 254 Å². The Kier molecular flexibility index (Phi) is 9.17. The van der Waals surface area contributed by atoms with Crippen LogP contribution < -0.4 is 10.1 Å². The van der Waals surface area contributed by atoms with Crippen LogP contribution in [0.3, 0.4) is 0 Å². The average Bonchev–Trinajstić information content (AvgIpc) is 3.42. The maximum Gasteiger partial charge on any atom is 0.415 e. The summed E-state index contributed by atoms with van der Waals surface area (Å²) in [7, 11) is 0. The smallest absolute Gasteiger partial charge is 0.415 e. The Hall–Kier alpha value is -5.26. The minimum absolute atomic E-state index is 0.146. The van der Waals surface area contributed by atoms with E-state index in [-0.39, 0.29) is 23.7 Å². The molecule has 1 aliphatic rings. The maximum absolute atomic E-state index is 12.9. The van der Waals surface area contributed by atoms with Crippen molar-refractivity contribution in [2.75, 3.05) is 18.4 Å². The Morgan fingerprint density at radius 3 is 2.43 bits per heavy atom. The summed E-state index contributed by atoms with van der Waals surface area (Å²) in [5.41, 5.74) is 1.73. The summed E-state index contributed by atoms with van der Waals surface area (Å²) in [4.78, 5) is 47.8. The number of para-hydroxylation sites is 1. The lowest BCUT2D eigenvalue weighted by atomic mass is 10.1. The first-order chi connectivity index (χ1) is 21.2. The van der Waals surface area contributed by atoms with Gasteiger partial charge in [-0.05, 0) is 55.3 Å². The van der Waals surface area contributed by atoms with E-state index in [2.05, 4.69) is 21.9 Å². The van der Waals surface area contributed by atoms with E-state index in [9.17, 15) is 14.4 Å². The Balaban J connectivity index is 1.49. The molecule has 2 aromatic carbocycles. The lowest BCUT2D eigenvalue weighted by Gasteiger charge is -2.32. The molecule has 0 spiro atoms. The van der Waals surface area contributed by atoms with Crippen molar-refractivity contribution in [3.8, 4) is 22.8 Å². The third kappa shape index (κ3) is 6.86. The molecule has 0 aliphatic carbocycles. The molecule has 3 heterocycles. The lowest BCUT2D eigenvalue weighted by Crippen LogP contribution is -2.40. The van der Waals surface area contributed by atoms with Gasteiger partial charge in [-0.15, -0.1) is 0 Å². The summed E-state index contributed by atoms with van der Waals surface area (Å²) in [6, 6.07) is 16.6. The number of hydrogen-bond acceptors (Lipinski definition) is 9. The first-order valence-corrected chi connectivity index (χ1v) is 14.4. The zero-order valence-corrected chi connectivity index (χ0v) is 24.8. The fraction of sp³-hybridized carbons (Fsp3) is 0.312. The van der Waals surface area contributed by atoms with Gasteiger partial charge in [-0.25, -0.2) is 19.4 Å². The SMILES string of the molecule is C=CC(=O)N1CCC[C@@H](n2nc(-c3ccc(Oc4ccccc4)cc3)c3c(NC(=O)O[C@H](C)OC(=O)C(C)C)ncnc32)C1. The zero-order chi connectivity index (χ0) is 31.2. The molecule has 1 N–H and O–H groups in total. The predicted octanol–water partition coefficient (Wildman–Crippen LogP) is 5.73. The van der Waals surface area contributed by atoms with Gasteiger partial charge >= 0.3 is 12.1 Å². The van der Waals surface area contributed by atoms with Crippen LogP contribution in [0.25, 0.3) is 22.3 Å². The molecule has 4 aromatic rings. The van der Waals surface area contributed by atoms with E-state index in [4.69, 9.17) is 19.3 Å². The minimum atomic E-state index is -1.11. The second-order valence-electron chi connectivity index (χ2n) is 10.6. The number of aromatic nitrogens is 4. The number of carbonyl (C=O) groups is 3. The molecule has 1 aliphatic heterocycles. The molecule has 12 nitrogen and oxygen atoms in total. The molecule has 0 bridgehead atoms. The first-order valence-electron chi connectivity index (χ1n) is 14.4. The van der Waals surface area contributed by atoms with Crippen molar-refractivity contribution in [3.05, 3.63) is 73.6 Å². The number of likely N-dealkylation sites (tertiary alicyclic amines) is 1. The van der Waals surface area contributed by atoms with Crippen LogP contribution in [-0.4, -0.2) is 62.0 Å². The van der Waals surface area contributed by atoms with Gasteiger partial charge in [0, 0.05) is 25.6 Å². The lowest BCUT2D eigenvalue weighted by molar-refractivity contribution is -0.168. The first kappa shape index (κ1) is 30.2. The second kappa shape index (κ2) is 13.4. The van der Waals surface area contributed by atoms with Crippen molar-refractivity contribution in [2.45, 2.75) is 45.9 Å². The van der Waals surface area contributed by atoms with Crippen LogP contribution in [0.1, 0.15) is 39.7 Å². The van der Waals surface area contributed by atoms with E-state index in [1.54, 1.807) is 23.4 Å². The highest BCUT2D eigenvalue weighted by atomic mass is 16.7. The number of anilines is 1. The molecule has 2 atom stereocenters. The number of rotatable bonds is 9. The quantitative estimate of drug-likeness (QED) is 0.145. The number of fused-ring (bicyclic) bond motifs is 1.